The fraction of sp³-hybridized carbons (Fsp3) is 0.100. The van der Waals surface area contributed by atoms with E-state index in [1.807, 2.05) is 6.92 Å². The van der Waals surface area contributed by atoms with Crippen molar-refractivity contribution in [1.82, 2.24) is 9.97 Å². The van der Waals surface area contributed by atoms with Crippen LogP contribution in [0.3, 0.4) is 0 Å². The number of aromatic nitrogens is 2. The fourth-order valence-corrected chi connectivity index (χ4v) is 1.89. The van der Waals surface area contributed by atoms with E-state index in [4.69, 9.17) is 5.73 Å². The van der Waals surface area contributed by atoms with Gasteiger partial charge in [-0.3, -0.25) is 9.78 Å². The molecule has 76 valence electrons. The Morgan fingerprint density at radius 3 is 2.93 bits per heavy atom. The second-order valence-electron chi connectivity index (χ2n) is 3.08. The van der Waals surface area contributed by atoms with Crippen molar-refractivity contribution in [3.63, 3.8) is 0 Å². The molecule has 0 aliphatic carbocycles. The molecule has 2 N–H and O–H groups in total. The number of hydrogen-bond acceptors (Lipinski definition) is 5. The van der Waals surface area contributed by atoms with E-state index < -0.39 is 0 Å². The summed E-state index contributed by atoms with van der Waals surface area (Å²) in [6, 6.07) is 1.77. The molecular formula is C10H9N3OS. The number of pyridine rings is 1. The summed E-state index contributed by atoms with van der Waals surface area (Å²) in [5.41, 5.74) is 8.61. The maximum atomic E-state index is 12.0. The van der Waals surface area contributed by atoms with Crippen LogP contribution in [0.25, 0.3) is 0 Å². The van der Waals surface area contributed by atoms with Crippen molar-refractivity contribution in [3.05, 3.63) is 40.0 Å². The second kappa shape index (κ2) is 3.78. The Hall–Kier alpha value is -1.75. The number of nitrogen functional groups attached to an aromatic ring is 1. The molecule has 2 aromatic rings. The van der Waals surface area contributed by atoms with Gasteiger partial charge < -0.3 is 5.73 Å². The standard InChI is InChI=1S/C10H9N3OS/c1-6-2-3-13-10(11)8(6)9(14)7-4-12-5-15-7/h2-5H,1H3,(H2,11,13). The van der Waals surface area contributed by atoms with Gasteiger partial charge >= 0.3 is 0 Å². The summed E-state index contributed by atoms with van der Waals surface area (Å²) >= 11 is 1.30. The Morgan fingerprint density at radius 2 is 2.33 bits per heavy atom. The van der Waals surface area contributed by atoms with Crippen LogP contribution in [0.4, 0.5) is 5.82 Å². The maximum Gasteiger partial charge on any atom is 0.208 e. The van der Waals surface area contributed by atoms with E-state index in [1.165, 1.54) is 11.3 Å². The van der Waals surface area contributed by atoms with Gasteiger partial charge in [-0.15, -0.1) is 11.3 Å². The lowest BCUT2D eigenvalue weighted by Crippen LogP contribution is -2.07. The fourth-order valence-electron chi connectivity index (χ4n) is 1.33. The number of thiazole rings is 1. The first-order valence-corrected chi connectivity index (χ1v) is 5.22. The van der Waals surface area contributed by atoms with Crippen molar-refractivity contribution in [3.8, 4) is 0 Å². The first kappa shape index (κ1) is 9.79. The van der Waals surface area contributed by atoms with E-state index in [2.05, 4.69) is 9.97 Å². The Bertz CT molecular complexity index is 473. The zero-order valence-corrected chi connectivity index (χ0v) is 8.91. The Kier molecular flexibility index (Phi) is 2.47. The van der Waals surface area contributed by atoms with Crippen molar-refractivity contribution in [1.29, 1.82) is 0 Å². The van der Waals surface area contributed by atoms with Crippen molar-refractivity contribution in [2.24, 2.45) is 0 Å². The third-order valence-electron chi connectivity index (χ3n) is 2.07. The van der Waals surface area contributed by atoms with Crippen LogP contribution >= 0.6 is 11.3 Å². The van der Waals surface area contributed by atoms with Gasteiger partial charge in [0.1, 0.15) is 5.82 Å². The van der Waals surface area contributed by atoms with Crippen molar-refractivity contribution < 1.29 is 4.79 Å². The highest BCUT2D eigenvalue weighted by molar-refractivity contribution is 7.11. The first-order chi connectivity index (χ1) is 7.20. The van der Waals surface area contributed by atoms with E-state index in [0.29, 0.717) is 10.4 Å². The molecule has 0 aromatic carbocycles. The van der Waals surface area contributed by atoms with Gasteiger partial charge in [0.25, 0.3) is 0 Å². The Labute approximate surface area is 90.8 Å². The minimum atomic E-state index is -0.111. The summed E-state index contributed by atoms with van der Waals surface area (Å²) in [6.07, 6.45) is 3.13. The van der Waals surface area contributed by atoms with Gasteiger partial charge in [-0.2, -0.15) is 0 Å². The maximum absolute atomic E-state index is 12.0. The summed E-state index contributed by atoms with van der Waals surface area (Å²) in [4.78, 5) is 20.4. The number of ketones is 1. The van der Waals surface area contributed by atoms with Crippen molar-refractivity contribution in [2.75, 3.05) is 5.73 Å². The Balaban J connectivity index is 2.51. The predicted octanol–water partition coefficient (Wildman–Crippen LogP) is 1.66. The number of rotatable bonds is 2. The van der Waals surface area contributed by atoms with Crippen LogP contribution in [-0.2, 0) is 0 Å². The van der Waals surface area contributed by atoms with Gasteiger partial charge in [-0.05, 0) is 18.6 Å². The third kappa shape index (κ3) is 1.73. The molecule has 0 atom stereocenters. The zero-order chi connectivity index (χ0) is 10.8. The molecule has 2 heterocycles. The quantitative estimate of drug-likeness (QED) is 0.780. The average molecular weight is 219 g/mol. The van der Waals surface area contributed by atoms with E-state index in [1.54, 1.807) is 24.0 Å². The molecule has 0 amide bonds. The molecule has 0 aliphatic rings. The molecule has 5 heteroatoms. The van der Waals surface area contributed by atoms with Crippen LogP contribution in [0.5, 0.6) is 0 Å². The van der Waals surface area contributed by atoms with Crippen LogP contribution in [0.15, 0.2) is 24.0 Å². The molecule has 0 fully saturated rings. The van der Waals surface area contributed by atoms with Gasteiger partial charge in [-0.1, -0.05) is 0 Å². The molecule has 2 rings (SSSR count). The van der Waals surface area contributed by atoms with Crippen LogP contribution in [0, 0.1) is 6.92 Å². The number of anilines is 1. The third-order valence-corrected chi connectivity index (χ3v) is 2.84. The molecule has 0 saturated heterocycles. The lowest BCUT2D eigenvalue weighted by molar-refractivity contribution is 0.104. The van der Waals surface area contributed by atoms with Crippen LogP contribution < -0.4 is 5.73 Å². The largest absolute Gasteiger partial charge is 0.383 e. The SMILES string of the molecule is Cc1ccnc(N)c1C(=O)c1cncs1. The topological polar surface area (TPSA) is 68.9 Å². The molecule has 4 nitrogen and oxygen atoms in total. The van der Waals surface area contributed by atoms with Gasteiger partial charge in [-0.25, -0.2) is 4.98 Å². The molecular weight excluding hydrogens is 210 g/mol. The molecule has 0 bridgehead atoms. The number of nitrogens with two attached hydrogens (primary N) is 1. The molecule has 0 spiro atoms. The Morgan fingerprint density at radius 1 is 1.53 bits per heavy atom. The van der Waals surface area contributed by atoms with Gasteiger partial charge in [0, 0.05) is 12.4 Å². The summed E-state index contributed by atoms with van der Waals surface area (Å²) in [7, 11) is 0. The number of carbonyl (C=O) groups excluding carboxylic acids is 1. The monoisotopic (exact) mass is 219 g/mol. The number of nitrogens with zero attached hydrogens (tertiary/aromatic N) is 2. The minimum absolute atomic E-state index is 0.111. The smallest absolute Gasteiger partial charge is 0.208 e. The molecule has 0 aliphatic heterocycles. The summed E-state index contributed by atoms with van der Waals surface area (Å²) in [5, 5.41) is 0. The van der Waals surface area contributed by atoms with E-state index in [9.17, 15) is 4.79 Å². The van der Waals surface area contributed by atoms with Gasteiger partial charge in [0.05, 0.1) is 16.0 Å². The van der Waals surface area contributed by atoms with Crippen molar-refractivity contribution >= 4 is 22.9 Å². The summed E-state index contributed by atoms with van der Waals surface area (Å²) < 4.78 is 0. The lowest BCUT2D eigenvalue weighted by atomic mass is 10.1. The zero-order valence-electron chi connectivity index (χ0n) is 8.10. The van der Waals surface area contributed by atoms with E-state index in [-0.39, 0.29) is 11.6 Å². The molecule has 2 aromatic heterocycles. The first-order valence-electron chi connectivity index (χ1n) is 4.34. The highest BCUT2D eigenvalue weighted by atomic mass is 32.1. The van der Waals surface area contributed by atoms with Gasteiger partial charge in [0.15, 0.2) is 0 Å². The average Bonchev–Trinajstić information content (AvgIpc) is 2.69. The van der Waals surface area contributed by atoms with Crippen LogP contribution in [-0.4, -0.2) is 15.8 Å². The second-order valence-corrected chi connectivity index (χ2v) is 3.97. The highest BCUT2D eigenvalue weighted by Gasteiger charge is 2.16. The van der Waals surface area contributed by atoms with E-state index in [0.717, 1.165) is 5.56 Å². The predicted molar refractivity (Wildman–Crippen MR) is 58.9 cm³/mol. The van der Waals surface area contributed by atoms with E-state index >= 15 is 0 Å². The minimum Gasteiger partial charge on any atom is -0.383 e. The number of hydrogen-bond donors (Lipinski definition) is 1. The van der Waals surface area contributed by atoms with Gasteiger partial charge in [0.2, 0.25) is 5.78 Å². The summed E-state index contributed by atoms with van der Waals surface area (Å²) in [6.45, 7) is 1.84. The highest BCUT2D eigenvalue weighted by Crippen LogP contribution is 2.20. The molecule has 0 saturated carbocycles. The van der Waals surface area contributed by atoms with Crippen LogP contribution in [0.1, 0.15) is 20.8 Å². The van der Waals surface area contributed by atoms with Crippen LogP contribution in [0.2, 0.25) is 0 Å². The number of aryl methyl sites for hydroxylation is 1. The number of carbonyl (C=O) groups is 1. The summed E-state index contributed by atoms with van der Waals surface area (Å²) in [5.74, 6) is 0.161. The molecule has 0 unspecified atom stereocenters. The molecule has 15 heavy (non-hydrogen) atoms. The molecule has 0 radical (unpaired) electrons. The lowest BCUT2D eigenvalue weighted by Gasteiger charge is -2.04. The van der Waals surface area contributed by atoms with Crippen molar-refractivity contribution in [2.45, 2.75) is 6.92 Å². The normalized spacial score (nSPS) is 10.2.